The fourth-order valence-corrected chi connectivity index (χ4v) is 2.72. The predicted octanol–water partition coefficient (Wildman–Crippen LogP) is 4.63. The Hall–Kier alpha value is -1.84. The molecule has 2 N–H and O–H groups in total. The maximum absolute atomic E-state index is 6.16. The van der Waals surface area contributed by atoms with Crippen molar-refractivity contribution in [1.82, 2.24) is 4.90 Å². The second-order valence-corrected chi connectivity index (χ2v) is 7.20. The van der Waals surface area contributed by atoms with E-state index in [1.165, 1.54) is 11.1 Å². The molecule has 0 fully saturated rings. The number of nitrogens with two attached hydrogens (primary N) is 1. The molecule has 2 atom stereocenters. The summed E-state index contributed by atoms with van der Waals surface area (Å²) in [6.07, 6.45) is 1.02. The second kappa shape index (κ2) is 9.59. The van der Waals surface area contributed by atoms with Gasteiger partial charge in [0.25, 0.3) is 0 Å². The van der Waals surface area contributed by atoms with Gasteiger partial charge in [-0.05, 0) is 56.1 Å². The average Bonchev–Trinajstić information content (AvgIpc) is 2.64. The summed E-state index contributed by atoms with van der Waals surface area (Å²) in [5, 5.41) is 0. The molecule has 2 rings (SSSR count). The van der Waals surface area contributed by atoms with Gasteiger partial charge in [-0.2, -0.15) is 0 Å². The molecule has 0 amide bonds. The van der Waals surface area contributed by atoms with Gasteiger partial charge in [-0.1, -0.05) is 56.3 Å². The number of hydrogen-bond donors (Lipinski definition) is 1. The predicted molar refractivity (Wildman–Crippen MR) is 106 cm³/mol. The molecular weight excluding hydrogens is 308 g/mol. The summed E-state index contributed by atoms with van der Waals surface area (Å²) in [6.45, 7) is 8.21. The van der Waals surface area contributed by atoms with E-state index >= 15 is 0 Å². The first kappa shape index (κ1) is 19.5. The van der Waals surface area contributed by atoms with Gasteiger partial charge < -0.3 is 10.5 Å². The summed E-state index contributed by atoms with van der Waals surface area (Å²) < 4.78 is 5.86. The van der Waals surface area contributed by atoms with Crippen LogP contribution in [-0.2, 0) is 6.61 Å². The van der Waals surface area contributed by atoms with Crippen LogP contribution in [0.1, 0.15) is 44.4 Å². The Balaban J connectivity index is 1.85. The molecular formula is C22H32N2O. The molecule has 0 spiro atoms. The molecule has 0 aromatic heterocycles. The van der Waals surface area contributed by atoms with Crippen molar-refractivity contribution in [2.75, 3.05) is 13.6 Å². The highest BCUT2D eigenvalue weighted by atomic mass is 16.5. The summed E-state index contributed by atoms with van der Waals surface area (Å²) >= 11 is 0. The lowest BCUT2D eigenvalue weighted by Gasteiger charge is -2.27. The van der Waals surface area contributed by atoms with E-state index in [0.717, 1.165) is 18.7 Å². The molecule has 0 aliphatic rings. The third-order valence-corrected chi connectivity index (χ3v) is 4.94. The Morgan fingerprint density at radius 3 is 2.20 bits per heavy atom. The largest absolute Gasteiger partial charge is 0.489 e. The van der Waals surface area contributed by atoms with Gasteiger partial charge in [0.05, 0.1) is 0 Å². The van der Waals surface area contributed by atoms with Crippen LogP contribution in [0.15, 0.2) is 54.6 Å². The maximum Gasteiger partial charge on any atom is 0.119 e. The van der Waals surface area contributed by atoms with E-state index in [2.05, 4.69) is 69.1 Å². The van der Waals surface area contributed by atoms with Gasteiger partial charge in [0.1, 0.15) is 12.4 Å². The quantitative estimate of drug-likeness (QED) is 0.723. The summed E-state index contributed by atoms with van der Waals surface area (Å²) in [6, 6.07) is 19.3. The second-order valence-electron chi connectivity index (χ2n) is 7.20. The first-order chi connectivity index (χ1) is 12.0. The van der Waals surface area contributed by atoms with E-state index < -0.39 is 0 Å². The minimum absolute atomic E-state index is 0.267. The lowest BCUT2D eigenvalue weighted by atomic mass is 10.0. The van der Waals surface area contributed by atoms with Crippen molar-refractivity contribution >= 4 is 0 Å². The summed E-state index contributed by atoms with van der Waals surface area (Å²) in [5.41, 5.74) is 8.64. The van der Waals surface area contributed by atoms with Crippen LogP contribution in [0.2, 0.25) is 0 Å². The van der Waals surface area contributed by atoms with Crippen molar-refractivity contribution in [2.45, 2.75) is 45.9 Å². The van der Waals surface area contributed by atoms with Gasteiger partial charge in [-0.3, -0.25) is 4.90 Å². The smallest absolute Gasteiger partial charge is 0.119 e. The molecule has 2 aromatic rings. The number of benzene rings is 2. The highest BCUT2D eigenvalue weighted by Crippen LogP contribution is 2.22. The molecule has 0 saturated carbocycles. The first-order valence-corrected chi connectivity index (χ1v) is 9.20. The van der Waals surface area contributed by atoms with Crippen LogP contribution in [0.5, 0.6) is 5.75 Å². The van der Waals surface area contributed by atoms with Gasteiger partial charge in [0, 0.05) is 12.1 Å². The molecule has 25 heavy (non-hydrogen) atoms. The van der Waals surface area contributed by atoms with Crippen molar-refractivity contribution in [2.24, 2.45) is 11.7 Å². The molecule has 0 saturated heterocycles. The topological polar surface area (TPSA) is 38.5 Å². The lowest BCUT2D eigenvalue weighted by Crippen LogP contribution is -2.32. The van der Waals surface area contributed by atoms with Crippen LogP contribution < -0.4 is 10.5 Å². The number of rotatable bonds is 9. The van der Waals surface area contributed by atoms with E-state index in [9.17, 15) is 0 Å². The number of nitrogens with zero attached hydrogens (tertiary/aromatic N) is 1. The summed E-state index contributed by atoms with van der Waals surface area (Å²) in [4.78, 5) is 2.36. The molecule has 0 heterocycles. The molecule has 3 nitrogen and oxygen atoms in total. The average molecular weight is 341 g/mol. The van der Waals surface area contributed by atoms with E-state index in [1.807, 2.05) is 18.2 Å². The Labute approximate surface area is 152 Å². The summed E-state index contributed by atoms with van der Waals surface area (Å²) in [5.74, 6) is 1.44. The van der Waals surface area contributed by atoms with Gasteiger partial charge in [0.2, 0.25) is 0 Å². The van der Waals surface area contributed by atoms with Crippen molar-refractivity contribution in [3.05, 3.63) is 65.7 Å². The van der Waals surface area contributed by atoms with E-state index in [0.29, 0.717) is 18.6 Å². The van der Waals surface area contributed by atoms with E-state index in [1.54, 1.807) is 0 Å². The van der Waals surface area contributed by atoms with Crippen LogP contribution in [0.3, 0.4) is 0 Å². The zero-order valence-electron chi connectivity index (χ0n) is 16.0. The number of hydrogen-bond acceptors (Lipinski definition) is 3. The Kier molecular flexibility index (Phi) is 7.48. The number of ether oxygens (including phenoxy) is 1. The fourth-order valence-electron chi connectivity index (χ4n) is 2.72. The van der Waals surface area contributed by atoms with Crippen molar-refractivity contribution < 1.29 is 4.74 Å². The zero-order valence-corrected chi connectivity index (χ0v) is 16.0. The fraction of sp³-hybridized carbons (Fsp3) is 0.455. The standard InChI is InChI=1S/C22H32N2O/c1-17(2)22(23)14-15-24(4)18(3)20-10-12-21(13-11-20)25-16-19-8-6-5-7-9-19/h5-13,17-18,22H,14-16,23H2,1-4H3. The molecule has 0 bridgehead atoms. The van der Waals surface area contributed by atoms with Crippen molar-refractivity contribution in [1.29, 1.82) is 0 Å². The van der Waals surface area contributed by atoms with Crippen molar-refractivity contribution in [3.8, 4) is 5.75 Å². The maximum atomic E-state index is 6.16. The third-order valence-electron chi connectivity index (χ3n) is 4.94. The minimum atomic E-state index is 0.267. The zero-order chi connectivity index (χ0) is 18.2. The molecule has 0 radical (unpaired) electrons. The minimum Gasteiger partial charge on any atom is -0.489 e. The lowest BCUT2D eigenvalue weighted by molar-refractivity contribution is 0.243. The Bertz CT molecular complexity index is 610. The third kappa shape index (κ3) is 6.18. The van der Waals surface area contributed by atoms with Gasteiger partial charge >= 0.3 is 0 Å². The van der Waals surface area contributed by atoms with Crippen LogP contribution in [0, 0.1) is 5.92 Å². The molecule has 0 aliphatic carbocycles. The van der Waals surface area contributed by atoms with Gasteiger partial charge in [-0.15, -0.1) is 0 Å². The molecule has 2 aromatic carbocycles. The van der Waals surface area contributed by atoms with Gasteiger partial charge in [-0.25, -0.2) is 0 Å². The monoisotopic (exact) mass is 340 g/mol. The molecule has 3 heteroatoms. The van der Waals surface area contributed by atoms with E-state index in [-0.39, 0.29) is 6.04 Å². The van der Waals surface area contributed by atoms with Crippen LogP contribution in [0.25, 0.3) is 0 Å². The SMILES string of the molecule is CC(C)C(N)CCN(C)C(C)c1ccc(OCc2ccccc2)cc1. The first-order valence-electron chi connectivity index (χ1n) is 9.20. The molecule has 2 unspecified atom stereocenters. The van der Waals surface area contributed by atoms with Gasteiger partial charge in [0.15, 0.2) is 0 Å². The van der Waals surface area contributed by atoms with Crippen LogP contribution in [0.4, 0.5) is 0 Å². The van der Waals surface area contributed by atoms with Crippen LogP contribution >= 0.6 is 0 Å². The van der Waals surface area contributed by atoms with Crippen molar-refractivity contribution in [3.63, 3.8) is 0 Å². The Morgan fingerprint density at radius 2 is 1.60 bits per heavy atom. The molecule has 0 aliphatic heterocycles. The normalized spacial score (nSPS) is 13.9. The van der Waals surface area contributed by atoms with E-state index in [4.69, 9.17) is 10.5 Å². The highest BCUT2D eigenvalue weighted by molar-refractivity contribution is 5.29. The Morgan fingerprint density at radius 1 is 0.960 bits per heavy atom. The molecule has 136 valence electrons. The summed E-state index contributed by atoms with van der Waals surface area (Å²) in [7, 11) is 2.16. The highest BCUT2D eigenvalue weighted by Gasteiger charge is 2.14. The van der Waals surface area contributed by atoms with Crippen LogP contribution in [-0.4, -0.2) is 24.5 Å².